The fourth-order valence-electron chi connectivity index (χ4n) is 3.44. The summed E-state index contributed by atoms with van der Waals surface area (Å²) in [6.45, 7) is -0.179. The van der Waals surface area contributed by atoms with Crippen LogP contribution in [0.25, 0.3) is 10.2 Å². The van der Waals surface area contributed by atoms with Crippen molar-refractivity contribution in [2.24, 2.45) is 0 Å². The van der Waals surface area contributed by atoms with Gasteiger partial charge in [-0.1, -0.05) is 29.8 Å². The summed E-state index contributed by atoms with van der Waals surface area (Å²) in [5.41, 5.74) is 0.645. The fourth-order valence-corrected chi connectivity index (χ4v) is 4.51. The Morgan fingerprint density at radius 2 is 1.97 bits per heavy atom. The Morgan fingerprint density at radius 1 is 1.15 bits per heavy atom. The summed E-state index contributed by atoms with van der Waals surface area (Å²) in [4.78, 5) is 38.8. The molecule has 0 aliphatic carbocycles. The summed E-state index contributed by atoms with van der Waals surface area (Å²) in [6.07, 6.45) is 0. The normalized spacial score (nSPS) is 11.0. The van der Waals surface area contributed by atoms with Crippen molar-refractivity contribution in [1.29, 1.82) is 0 Å². The Labute approximate surface area is 196 Å². The molecule has 1 N–H and O–H groups in total. The van der Waals surface area contributed by atoms with E-state index in [1.807, 2.05) is 0 Å². The Morgan fingerprint density at radius 3 is 2.73 bits per heavy atom. The topological polar surface area (TPSA) is 82.3 Å². The monoisotopic (exact) mass is 487 g/mol. The molecule has 0 atom stereocenters. The van der Waals surface area contributed by atoms with Gasteiger partial charge < -0.3 is 10.1 Å². The van der Waals surface area contributed by atoms with Gasteiger partial charge in [0.25, 0.3) is 5.56 Å². The van der Waals surface area contributed by atoms with Gasteiger partial charge in [0.1, 0.15) is 22.8 Å². The van der Waals surface area contributed by atoms with E-state index in [2.05, 4.69) is 5.32 Å². The van der Waals surface area contributed by atoms with Crippen LogP contribution in [0.4, 0.5) is 4.39 Å². The number of halogens is 2. The van der Waals surface area contributed by atoms with Crippen molar-refractivity contribution < 1.29 is 13.9 Å². The van der Waals surface area contributed by atoms with E-state index in [1.165, 1.54) is 35.1 Å². The molecule has 1 amide bonds. The first-order chi connectivity index (χ1) is 15.9. The zero-order valence-electron chi connectivity index (χ0n) is 17.5. The molecular formula is C23H19ClFN3O4S. The standard InChI is InChI=1S/C23H19ClFN3O4S/c1-32-17-4-2-3-14(9-17)12-28-22(30)21-19(7-8-33-21)27(23(28)31)13-20(29)26-11-15-5-6-16(25)10-18(15)24/h2-10H,11-13H2,1H3,(H,26,29). The molecule has 2 heterocycles. The van der Waals surface area contributed by atoms with Gasteiger partial charge in [0, 0.05) is 11.6 Å². The second-order valence-electron chi connectivity index (χ2n) is 7.26. The number of carbonyl (C=O) groups excluding carboxylic acids is 1. The second-order valence-corrected chi connectivity index (χ2v) is 8.58. The van der Waals surface area contributed by atoms with E-state index in [0.717, 1.165) is 10.6 Å². The van der Waals surface area contributed by atoms with E-state index in [0.29, 0.717) is 27.1 Å². The number of hydrogen-bond acceptors (Lipinski definition) is 5. The first-order valence-corrected chi connectivity index (χ1v) is 11.2. The van der Waals surface area contributed by atoms with Crippen LogP contribution in [0.3, 0.4) is 0 Å². The molecule has 0 aliphatic rings. The number of methoxy groups -OCH3 is 1. The minimum absolute atomic E-state index is 0.0372. The molecule has 4 aromatic rings. The first-order valence-electron chi connectivity index (χ1n) is 9.92. The van der Waals surface area contributed by atoms with Crippen LogP contribution in [-0.2, 0) is 24.4 Å². The van der Waals surface area contributed by atoms with Crippen LogP contribution in [0.15, 0.2) is 63.5 Å². The third-order valence-corrected chi connectivity index (χ3v) is 6.35. The molecule has 0 spiro atoms. The summed E-state index contributed by atoms with van der Waals surface area (Å²) in [7, 11) is 1.54. The summed E-state index contributed by atoms with van der Waals surface area (Å²) >= 11 is 7.21. The maximum absolute atomic E-state index is 13.2. The first kappa shape index (κ1) is 22.8. The molecule has 0 saturated carbocycles. The van der Waals surface area contributed by atoms with E-state index in [1.54, 1.807) is 35.7 Å². The zero-order valence-corrected chi connectivity index (χ0v) is 19.1. The number of fused-ring (bicyclic) bond motifs is 1. The van der Waals surface area contributed by atoms with E-state index < -0.39 is 23.0 Å². The van der Waals surface area contributed by atoms with Crippen LogP contribution < -0.4 is 21.3 Å². The van der Waals surface area contributed by atoms with E-state index >= 15 is 0 Å². The fraction of sp³-hybridized carbons (Fsp3) is 0.174. The third-order valence-electron chi connectivity index (χ3n) is 5.10. The Bertz CT molecular complexity index is 1460. The number of benzene rings is 2. The van der Waals surface area contributed by atoms with Gasteiger partial charge in [-0.2, -0.15) is 0 Å². The summed E-state index contributed by atoms with van der Waals surface area (Å²) in [5, 5.41) is 4.58. The predicted molar refractivity (Wildman–Crippen MR) is 126 cm³/mol. The smallest absolute Gasteiger partial charge is 0.332 e. The molecule has 4 rings (SSSR count). The highest BCUT2D eigenvalue weighted by molar-refractivity contribution is 7.17. The largest absolute Gasteiger partial charge is 0.497 e. The molecule has 0 radical (unpaired) electrons. The van der Waals surface area contributed by atoms with Crippen molar-refractivity contribution in [3.05, 3.63) is 96.7 Å². The molecule has 0 unspecified atom stereocenters. The molecule has 2 aromatic carbocycles. The molecule has 0 fully saturated rings. The summed E-state index contributed by atoms with van der Waals surface area (Å²) in [5.74, 6) is -0.312. The van der Waals surface area contributed by atoms with Crippen LogP contribution in [-0.4, -0.2) is 22.2 Å². The quantitative estimate of drug-likeness (QED) is 0.433. The molecular weight excluding hydrogens is 469 g/mol. The van der Waals surface area contributed by atoms with Crippen molar-refractivity contribution in [3.8, 4) is 5.75 Å². The van der Waals surface area contributed by atoms with Gasteiger partial charge in [-0.15, -0.1) is 11.3 Å². The molecule has 33 heavy (non-hydrogen) atoms. The lowest BCUT2D eigenvalue weighted by atomic mass is 10.2. The van der Waals surface area contributed by atoms with Gasteiger partial charge in [-0.3, -0.25) is 18.7 Å². The lowest BCUT2D eigenvalue weighted by Crippen LogP contribution is -2.42. The van der Waals surface area contributed by atoms with Crippen molar-refractivity contribution in [2.75, 3.05) is 7.11 Å². The minimum atomic E-state index is -0.594. The van der Waals surface area contributed by atoms with E-state index in [4.69, 9.17) is 16.3 Å². The van der Waals surface area contributed by atoms with Crippen LogP contribution in [0.1, 0.15) is 11.1 Å². The van der Waals surface area contributed by atoms with Gasteiger partial charge in [0.2, 0.25) is 5.91 Å². The van der Waals surface area contributed by atoms with Gasteiger partial charge in [0.05, 0.1) is 19.2 Å². The lowest BCUT2D eigenvalue weighted by Gasteiger charge is -2.13. The minimum Gasteiger partial charge on any atom is -0.497 e. The van der Waals surface area contributed by atoms with Crippen LogP contribution in [0, 0.1) is 5.82 Å². The maximum Gasteiger partial charge on any atom is 0.332 e. The molecule has 0 aliphatic heterocycles. The Hall–Kier alpha value is -3.43. The number of nitrogens with one attached hydrogen (secondary N) is 1. The highest BCUT2D eigenvalue weighted by Gasteiger charge is 2.17. The molecule has 10 heteroatoms. The Kier molecular flexibility index (Phi) is 6.62. The third kappa shape index (κ3) is 4.84. The number of ether oxygens (including phenoxy) is 1. The average Bonchev–Trinajstić information content (AvgIpc) is 3.29. The Balaban J connectivity index is 1.63. The highest BCUT2D eigenvalue weighted by Crippen LogP contribution is 2.18. The highest BCUT2D eigenvalue weighted by atomic mass is 35.5. The van der Waals surface area contributed by atoms with E-state index in [9.17, 15) is 18.8 Å². The molecule has 0 bridgehead atoms. The average molecular weight is 488 g/mol. The van der Waals surface area contributed by atoms with Gasteiger partial charge in [-0.05, 0) is 46.8 Å². The maximum atomic E-state index is 13.2. The lowest BCUT2D eigenvalue weighted by molar-refractivity contribution is -0.121. The number of amides is 1. The number of nitrogens with zero attached hydrogens (tertiary/aromatic N) is 2. The van der Waals surface area contributed by atoms with Gasteiger partial charge in [-0.25, -0.2) is 9.18 Å². The van der Waals surface area contributed by atoms with Crippen LogP contribution in [0.5, 0.6) is 5.75 Å². The van der Waals surface area contributed by atoms with Crippen molar-refractivity contribution >= 4 is 39.1 Å². The van der Waals surface area contributed by atoms with Crippen molar-refractivity contribution in [3.63, 3.8) is 0 Å². The second kappa shape index (κ2) is 9.60. The molecule has 2 aromatic heterocycles. The van der Waals surface area contributed by atoms with Crippen molar-refractivity contribution in [1.82, 2.24) is 14.5 Å². The summed E-state index contributed by atoms with van der Waals surface area (Å²) in [6, 6.07) is 12.6. The van der Waals surface area contributed by atoms with Gasteiger partial charge >= 0.3 is 5.69 Å². The van der Waals surface area contributed by atoms with Gasteiger partial charge in [0.15, 0.2) is 0 Å². The van der Waals surface area contributed by atoms with Crippen LogP contribution in [0.2, 0.25) is 5.02 Å². The van der Waals surface area contributed by atoms with E-state index in [-0.39, 0.29) is 24.7 Å². The molecule has 7 nitrogen and oxygen atoms in total. The predicted octanol–water partition coefficient (Wildman–Crippen LogP) is 3.39. The number of carbonyl (C=O) groups is 1. The number of rotatable bonds is 7. The number of aromatic nitrogens is 2. The SMILES string of the molecule is COc1cccc(Cn2c(=O)c3sccc3n(CC(=O)NCc3ccc(F)cc3Cl)c2=O)c1. The van der Waals surface area contributed by atoms with Crippen molar-refractivity contribution in [2.45, 2.75) is 19.6 Å². The van der Waals surface area contributed by atoms with Crippen LogP contribution >= 0.6 is 22.9 Å². The summed E-state index contributed by atoms with van der Waals surface area (Å²) < 4.78 is 21.2. The molecule has 170 valence electrons. The molecule has 0 saturated heterocycles. The zero-order chi connectivity index (χ0) is 23.5. The number of hydrogen-bond donors (Lipinski definition) is 1. The number of thiophene rings is 1.